The van der Waals surface area contributed by atoms with Crippen LogP contribution < -0.4 is 5.32 Å². The summed E-state index contributed by atoms with van der Waals surface area (Å²) >= 11 is 0. The molecule has 2 aromatic carbocycles. The second kappa shape index (κ2) is 6.83. The zero-order valence-corrected chi connectivity index (χ0v) is 13.0. The summed E-state index contributed by atoms with van der Waals surface area (Å²) in [5.74, 6) is -0.489. The van der Waals surface area contributed by atoms with Crippen LogP contribution in [0.2, 0.25) is 0 Å². The van der Waals surface area contributed by atoms with Gasteiger partial charge in [0.05, 0.1) is 23.8 Å². The first-order valence-corrected chi connectivity index (χ1v) is 7.82. The number of nitrogens with zero attached hydrogens (tertiary/aromatic N) is 1. The average Bonchev–Trinajstić information content (AvgIpc) is 2.91. The van der Waals surface area contributed by atoms with Gasteiger partial charge in [-0.3, -0.25) is 4.79 Å². The van der Waals surface area contributed by atoms with Crippen LogP contribution in [0.1, 0.15) is 33.8 Å². The van der Waals surface area contributed by atoms with Gasteiger partial charge < -0.3 is 15.5 Å². The number of hydrogen-bond acceptors (Lipinski definition) is 4. The molecule has 0 heterocycles. The van der Waals surface area contributed by atoms with E-state index in [1.807, 2.05) is 36.4 Å². The molecule has 0 radical (unpaired) electrons. The van der Waals surface area contributed by atoms with Gasteiger partial charge in [0.15, 0.2) is 0 Å². The minimum atomic E-state index is -1.02. The lowest BCUT2D eigenvalue weighted by Gasteiger charge is -2.24. The molecule has 2 aromatic rings. The zero-order chi connectivity index (χ0) is 17.1. The van der Waals surface area contributed by atoms with Crippen LogP contribution in [0.25, 0.3) is 0 Å². The molecule has 1 fully saturated rings. The number of rotatable bonds is 3. The first-order valence-electron chi connectivity index (χ1n) is 7.82. The fourth-order valence-electron chi connectivity index (χ4n) is 3.18. The predicted molar refractivity (Wildman–Crippen MR) is 88.2 cm³/mol. The van der Waals surface area contributed by atoms with E-state index in [1.54, 1.807) is 24.3 Å². The van der Waals surface area contributed by atoms with Crippen molar-refractivity contribution in [2.75, 3.05) is 0 Å². The molecule has 1 saturated carbocycles. The van der Waals surface area contributed by atoms with Crippen molar-refractivity contribution in [1.29, 1.82) is 5.26 Å². The molecule has 1 aliphatic carbocycles. The number of hydrogen-bond donors (Lipinski definition) is 3. The number of carbonyl (C=O) groups is 1. The Morgan fingerprint density at radius 2 is 1.75 bits per heavy atom. The number of aliphatic hydroxyl groups excluding tert-OH is 2. The van der Waals surface area contributed by atoms with Crippen LogP contribution in [0.5, 0.6) is 0 Å². The van der Waals surface area contributed by atoms with E-state index in [9.17, 15) is 15.0 Å². The van der Waals surface area contributed by atoms with Crippen LogP contribution in [0.3, 0.4) is 0 Å². The normalized spacial score (nSPS) is 25.9. The van der Waals surface area contributed by atoms with Gasteiger partial charge in [-0.2, -0.15) is 5.26 Å². The number of carbonyl (C=O) groups excluding carboxylic acids is 1. The molecular formula is C19H18N2O3. The summed E-state index contributed by atoms with van der Waals surface area (Å²) in [7, 11) is 0. The Balaban J connectivity index is 1.80. The summed E-state index contributed by atoms with van der Waals surface area (Å²) in [5.41, 5.74) is 1.86. The third kappa shape index (κ3) is 3.16. The molecule has 0 aromatic heterocycles. The molecule has 0 spiro atoms. The quantitative estimate of drug-likeness (QED) is 0.799. The summed E-state index contributed by atoms with van der Waals surface area (Å²) in [6, 6.07) is 17.3. The first kappa shape index (κ1) is 16.2. The molecule has 5 heteroatoms. The highest BCUT2D eigenvalue weighted by Crippen LogP contribution is 2.35. The summed E-state index contributed by atoms with van der Waals surface area (Å²) < 4.78 is 0. The van der Waals surface area contributed by atoms with Crippen molar-refractivity contribution in [1.82, 2.24) is 5.32 Å². The van der Waals surface area contributed by atoms with Crippen molar-refractivity contribution < 1.29 is 15.0 Å². The number of benzene rings is 2. The van der Waals surface area contributed by atoms with E-state index in [0.717, 1.165) is 5.56 Å². The van der Waals surface area contributed by atoms with Crippen LogP contribution in [0, 0.1) is 11.3 Å². The fraction of sp³-hybridized carbons (Fsp3) is 0.263. The largest absolute Gasteiger partial charge is 0.390 e. The summed E-state index contributed by atoms with van der Waals surface area (Å²) in [6.45, 7) is 0. The van der Waals surface area contributed by atoms with Gasteiger partial charge in [-0.05, 0) is 36.2 Å². The van der Waals surface area contributed by atoms with Crippen molar-refractivity contribution in [3.63, 3.8) is 0 Å². The molecule has 0 bridgehead atoms. The Morgan fingerprint density at radius 3 is 2.38 bits per heavy atom. The first-order chi connectivity index (χ1) is 11.6. The van der Waals surface area contributed by atoms with Gasteiger partial charge in [0.25, 0.3) is 5.91 Å². The Hall–Kier alpha value is -2.68. The molecule has 0 unspecified atom stereocenters. The van der Waals surface area contributed by atoms with Crippen molar-refractivity contribution in [3.05, 3.63) is 71.3 Å². The molecule has 122 valence electrons. The molecule has 1 aliphatic rings. The molecular weight excluding hydrogens is 304 g/mol. The van der Waals surface area contributed by atoms with Crippen LogP contribution in [-0.4, -0.2) is 34.4 Å². The standard InChI is InChI=1S/C19H18N2O3/c20-11-12-6-8-14(9-7-12)19(24)21-17-15(10-16(22)18(17)23)13-4-2-1-3-5-13/h1-9,15-18,22-23H,10H2,(H,21,24)/t15-,16-,17-,18-/m1/s1. The molecule has 3 N–H and O–H groups in total. The molecule has 3 rings (SSSR count). The lowest BCUT2D eigenvalue weighted by molar-refractivity contribution is 0.0294. The van der Waals surface area contributed by atoms with E-state index in [2.05, 4.69) is 5.32 Å². The highest BCUT2D eigenvalue weighted by atomic mass is 16.3. The predicted octanol–water partition coefficient (Wildman–Crippen LogP) is 1.57. The highest BCUT2D eigenvalue weighted by molar-refractivity contribution is 5.94. The maximum absolute atomic E-state index is 12.4. The molecule has 0 aliphatic heterocycles. The monoisotopic (exact) mass is 322 g/mol. The van der Waals surface area contributed by atoms with Crippen molar-refractivity contribution in [3.8, 4) is 6.07 Å². The summed E-state index contributed by atoms with van der Waals surface area (Å²) in [4.78, 5) is 12.4. The highest BCUT2D eigenvalue weighted by Gasteiger charge is 2.43. The van der Waals surface area contributed by atoms with Gasteiger partial charge in [0.1, 0.15) is 6.10 Å². The van der Waals surface area contributed by atoms with E-state index in [0.29, 0.717) is 17.5 Å². The minimum absolute atomic E-state index is 0.154. The van der Waals surface area contributed by atoms with Gasteiger partial charge >= 0.3 is 0 Å². The summed E-state index contributed by atoms with van der Waals surface area (Å²) in [6.07, 6.45) is -1.50. The van der Waals surface area contributed by atoms with Crippen LogP contribution in [0.4, 0.5) is 0 Å². The summed E-state index contributed by atoms with van der Waals surface area (Å²) in [5, 5.41) is 31.9. The Kier molecular flexibility index (Phi) is 4.61. The lowest BCUT2D eigenvalue weighted by Crippen LogP contribution is -2.45. The van der Waals surface area contributed by atoms with E-state index in [1.165, 1.54) is 0 Å². The van der Waals surface area contributed by atoms with Crippen LogP contribution >= 0.6 is 0 Å². The molecule has 5 nitrogen and oxygen atoms in total. The SMILES string of the molecule is N#Cc1ccc(C(=O)N[C@H]2[C@H](O)[C@H](O)C[C@@H]2c2ccccc2)cc1. The minimum Gasteiger partial charge on any atom is -0.390 e. The molecule has 0 saturated heterocycles. The van der Waals surface area contributed by atoms with Crippen molar-refractivity contribution in [2.45, 2.75) is 30.6 Å². The van der Waals surface area contributed by atoms with Gasteiger partial charge in [-0.1, -0.05) is 30.3 Å². The van der Waals surface area contributed by atoms with Crippen LogP contribution in [0.15, 0.2) is 54.6 Å². The topological polar surface area (TPSA) is 93.4 Å². The number of amides is 1. The average molecular weight is 322 g/mol. The van der Waals surface area contributed by atoms with Crippen molar-refractivity contribution >= 4 is 5.91 Å². The van der Waals surface area contributed by atoms with Gasteiger partial charge in [0.2, 0.25) is 0 Å². The van der Waals surface area contributed by atoms with E-state index in [-0.39, 0.29) is 11.8 Å². The Labute approximate surface area is 140 Å². The number of nitrogens with one attached hydrogen (secondary N) is 1. The second-order valence-corrected chi connectivity index (χ2v) is 6.00. The van der Waals surface area contributed by atoms with Crippen LogP contribution in [-0.2, 0) is 0 Å². The van der Waals surface area contributed by atoms with E-state index >= 15 is 0 Å². The smallest absolute Gasteiger partial charge is 0.251 e. The molecule has 4 atom stereocenters. The fourth-order valence-corrected chi connectivity index (χ4v) is 3.18. The second-order valence-electron chi connectivity index (χ2n) is 6.00. The van der Waals surface area contributed by atoms with E-state index < -0.39 is 18.2 Å². The lowest BCUT2D eigenvalue weighted by atomic mass is 9.93. The van der Waals surface area contributed by atoms with E-state index in [4.69, 9.17) is 5.26 Å². The van der Waals surface area contributed by atoms with Gasteiger partial charge in [-0.25, -0.2) is 0 Å². The van der Waals surface area contributed by atoms with Gasteiger partial charge in [0, 0.05) is 11.5 Å². The van der Waals surface area contributed by atoms with Gasteiger partial charge in [-0.15, -0.1) is 0 Å². The number of nitriles is 1. The third-order valence-electron chi connectivity index (χ3n) is 4.49. The number of aliphatic hydroxyl groups is 2. The maximum Gasteiger partial charge on any atom is 0.251 e. The Morgan fingerprint density at radius 1 is 1.08 bits per heavy atom. The zero-order valence-electron chi connectivity index (χ0n) is 13.0. The third-order valence-corrected chi connectivity index (χ3v) is 4.49. The Bertz CT molecular complexity index is 752. The maximum atomic E-state index is 12.4. The molecule has 1 amide bonds. The molecule has 24 heavy (non-hydrogen) atoms. The van der Waals surface area contributed by atoms with Crippen molar-refractivity contribution in [2.24, 2.45) is 0 Å².